The van der Waals surface area contributed by atoms with Crippen LogP contribution in [0.1, 0.15) is 34.1 Å². The minimum absolute atomic E-state index is 0.0584. The van der Waals surface area contributed by atoms with E-state index in [1.807, 2.05) is 0 Å². The standard InChI is InChI=1S/C22H33N2Si.C2H5.2ClH.Ti/c1-22(2,3)23-25(5,6)21-16-20(18-14-10-11-15-19(18)21)24(4)17-12-8-7-9-13-17;1-2;;;/h7-15,18-21H,16H2,1-6H3;1H2,2H3;2*1H;/q2*-1;;;+2/p-2. The molecule has 1 saturated carbocycles. The van der Waals surface area contributed by atoms with Gasteiger partial charge in [-0.05, 0) is 24.5 Å². The van der Waals surface area contributed by atoms with Crippen LogP contribution in [0.4, 0.5) is 5.69 Å². The predicted octanol–water partition coefficient (Wildman–Crippen LogP) is 8.22. The fourth-order valence-electron chi connectivity index (χ4n) is 4.98. The maximum atomic E-state index is 5.34. The van der Waals surface area contributed by atoms with Crippen molar-refractivity contribution in [3.05, 3.63) is 66.5 Å². The summed E-state index contributed by atoms with van der Waals surface area (Å²) in [4.78, 5) is 7.85. The van der Waals surface area contributed by atoms with Gasteiger partial charge in [-0.1, -0.05) is 90.1 Å². The molecule has 4 unspecified atom stereocenters. The van der Waals surface area contributed by atoms with Gasteiger partial charge in [0.1, 0.15) is 0 Å². The summed E-state index contributed by atoms with van der Waals surface area (Å²) >= 11 is -0.556. The van der Waals surface area contributed by atoms with Crippen LogP contribution < -0.4 is 4.90 Å². The molecule has 1 aromatic carbocycles. The molecule has 0 radical (unpaired) electrons. The summed E-state index contributed by atoms with van der Waals surface area (Å²) in [6.07, 6.45) is 10.6. The Balaban J connectivity index is 0.000000826. The Morgan fingerprint density at radius 3 is 2.03 bits per heavy atom. The molecule has 3 rings (SSSR count). The fraction of sp³-hybridized carbons (Fsp3) is 0.542. The zero-order valence-electron chi connectivity index (χ0n) is 19.6. The van der Waals surface area contributed by atoms with Gasteiger partial charge >= 0.3 is 35.6 Å². The molecular formula is C24H38Cl2N2SiTi-2. The van der Waals surface area contributed by atoms with Crippen molar-refractivity contribution in [3.8, 4) is 0 Å². The first-order chi connectivity index (χ1) is 14.1. The molecule has 1 fully saturated rings. The summed E-state index contributed by atoms with van der Waals surface area (Å²) < 4.78 is 0. The second-order valence-corrected chi connectivity index (χ2v) is 16.1. The summed E-state index contributed by atoms with van der Waals surface area (Å²) in [6.45, 7) is 16.7. The first-order valence-corrected chi connectivity index (χ1v) is 18.0. The monoisotopic (exact) mass is 500 g/mol. The van der Waals surface area contributed by atoms with E-state index in [1.165, 1.54) is 12.1 Å². The molecule has 0 aliphatic heterocycles. The van der Waals surface area contributed by atoms with Crippen LogP contribution in [-0.4, -0.2) is 26.9 Å². The van der Waals surface area contributed by atoms with Crippen LogP contribution in [0, 0.1) is 18.8 Å². The van der Waals surface area contributed by atoms with E-state index in [4.69, 9.17) is 23.6 Å². The SMILES string of the molecule is CN(c1ccccc1)C1CC([Si](C)(C)[N-]C(C)(C)C)C2C=CC=CC21.[CH2-]C.[Cl][Ti][Cl]. The van der Waals surface area contributed by atoms with Crippen molar-refractivity contribution < 1.29 is 17.0 Å². The first kappa shape index (κ1) is 28.0. The number of hydrogen-bond donors (Lipinski definition) is 0. The molecule has 6 heteroatoms. The molecule has 2 aliphatic carbocycles. The van der Waals surface area contributed by atoms with E-state index in [9.17, 15) is 0 Å². The topological polar surface area (TPSA) is 17.3 Å². The number of anilines is 1. The van der Waals surface area contributed by atoms with Crippen LogP contribution in [0.25, 0.3) is 4.98 Å². The number of allylic oxidation sites excluding steroid dienone is 3. The van der Waals surface area contributed by atoms with Gasteiger partial charge < -0.3 is 16.8 Å². The number of para-hydroxylation sites is 1. The molecule has 1 aromatic rings. The number of rotatable bonds is 4. The number of fused-ring (bicyclic) bond motifs is 1. The molecule has 168 valence electrons. The van der Waals surface area contributed by atoms with Crippen LogP contribution in [0.2, 0.25) is 18.6 Å². The Labute approximate surface area is 203 Å². The van der Waals surface area contributed by atoms with Crippen LogP contribution in [0.15, 0.2) is 54.6 Å². The van der Waals surface area contributed by atoms with Gasteiger partial charge in [-0.3, -0.25) is 0 Å². The van der Waals surface area contributed by atoms with Gasteiger partial charge in [0.15, 0.2) is 0 Å². The molecule has 0 heterocycles. The third-order valence-corrected chi connectivity index (χ3v) is 9.50. The van der Waals surface area contributed by atoms with E-state index in [1.54, 1.807) is 6.92 Å². The third-order valence-electron chi connectivity index (χ3n) is 5.82. The van der Waals surface area contributed by atoms with Gasteiger partial charge in [-0.25, -0.2) is 0 Å². The summed E-state index contributed by atoms with van der Waals surface area (Å²) in [7, 11) is 10.4. The Morgan fingerprint density at radius 2 is 1.53 bits per heavy atom. The molecule has 0 saturated heterocycles. The van der Waals surface area contributed by atoms with Crippen molar-refractivity contribution in [1.82, 2.24) is 0 Å². The van der Waals surface area contributed by atoms with Crippen molar-refractivity contribution in [2.45, 2.75) is 64.3 Å². The average molecular weight is 501 g/mol. The van der Waals surface area contributed by atoms with E-state index >= 15 is 0 Å². The first-order valence-electron chi connectivity index (χ1n) is 10.6. The maximum absolute atomic E-state index is 5.34. The van der Waals surface area contributed by atoms with Gasteiger partial charge in [-0.15, -0.1) is 5.54 Å². The number of nitrogens with zero attached hydrogens (tertiary/aromatic N) is 2. The predicted molar refractivity (Wildman–Crippen MR) is 136 cm³/mol. The minimum atomic E-state index is -1.69. The van der Waals surface area contributed by atoms with Crippen molar-refractivity contribution in [2.75, 3.05) is 11.9 Å². The molecule has 4 atom stereocenters. The molecule has 0 N–H and O–H groups in total. The molecule has 30 heavy (non-hydrogen) atoms. The summed E-state index contributed by atoms with van der Waals surface area (Å²) in [5.41, 5.74) is 2.08. The zero-order chi connectivity index (χ0) is 22.9. The second-order valence-electron chi connectivity index (χ2n) is 9.29. The van der Waals surface area contributed by atoms with Crippen LogP contribution >= 0.6 is 18.6 Å². The number of hydrogen-bond acceptors (Lipinski definition) is 1. The molecule has 2 aliphatic rings. The van der Waals surface area contributed by atoms with Crippen molar-refractivity contribution in [3.63, 3.8) is 0 Å². The molecule has 0 bridgehead atoms. The Bertz CT molecular complexity index is 674. The molecule has 2 nitrogen and oxygen atoms in total. The van der Waals surface area contributed by atoms with Gasteiger partial charge in [0, 0.05) is 24.7 Å². The van der Waals surface area contributed by atoms with Gasteiger partial charge in [-0.2, -0.15) is 6.92 Å². The van der Waals surface area contributed by atoms with Crippen molar-refractivity contribution >= 4 is 32.5 Å². The average Bonchev–Trinajstić information content (AvgIpc) is 3.09. The van der Waals surface area contributed by atoms with Crippen LogP contribution in [0.3, 0.4) is 0 Å². The Morgan fingerprint density at radius 1 is 1.03 bits per heavy atom. The Kier molecular flexibility index (Phi) is 12.0. The molecule has 0 amide bonds. The molecular weight excluding hydrogens is 463 g/mol. The van der Waals surface area contributed by atoms with Crippen LogP contribution in [0.5, 0.6) is 0 Å². The third kappa shape index (κ3) is 7.83. The Hall–Kier alpha value is -0.0288. The van der Waals surface area contributed by atoms with E-state index in [2.05, 4.69) is 107 Å². The quantitative estimate of drug-likeness (QED) is 0.300. The fourth-order valence-corrected chi connectivity index (χ4v) is 8.97. The summed E-state index contributed by atoms with van der Waals surface area (Å²) in [5.74, 6) is 1.23. The van der Waals surface area contributed by atoms with Gasteiger partial charge in [0.2, 0.25) is 0 Å². The van der Waals surface area contributed by atoms with E-state index in [-0.39, 0.29) is 5.54 Å². The summed E-state index contributed by atoms with van der Waals surface area (Å²) in [6, 6.07) is 11.4. The van der Waals surface area contributed by atoms with E-state index < -0.39 is 25.3 Å². The normalized spacial score (nSPS) is 24.7. The second kappa shape index (κ2) is 12.9. The van der Waals surface area contributed by atoms with Gasteiger partial charge in [0.05, 0.1) is 0 Å². The van der Waals surface area contributed by atoms with Crippen molar-refractivity contribution in [2.24, 2.45) is 11.8 Å². The molecule has 0 spiro atoms. The van der Waals surface area contributed by atoms with Gasteiger partial charge in [0.25, 0.3) is 0 Å². The summed E-state index contributed by atoms with van der Waals surface area (Å²) in [5, 5.41) is 0. The van der Waals surface area contributed by atoms with Crippen molar-refractivity contribution in [1.29, 1.82) is 0 Å². The van der Waals surface area contributed by atoms with Crippen LogP contribution in [-0.2, 0) is 17.0 Å². The number of halogens is 2. The zero-order valence-corrected chi connectivity index (χ0v) is 23.6. The number of benzene rings is 1. The van der Waals surface area contributed by atoms with E-state index in [0.717, 1.165) is 0 Å². The van der Waals surface area contributed by atoms with E-state index in [0.29, 0.717) is 23.4 Å². The molecule has 0 aromatic heterocycles.